The SMILES string of the molecule is CN=C(NCCN1CCN(C(=O)C2CCCC2)CC1)NCc1ccc(F)cc1.I. The van der Waals surface area contributed by atoms with Crippen molar-refractivity contribution in [2.24, 2.45) is 10.9 Å². The van der Waals surface area contributed by atoms with Gasteiger partial charge in [-0.25, -0.2) is 4.39 Å². The Morgan fingerprint density at radius 1 is 1.10 bits per heavy atom. The molecule has 2 fully saturated rings. The maximum Gasteiger partial charge on any atom is 0.225 e. The van der Waals surface area contributed by atoms with E-state index >= 15 is 0 Å². The molecule has 8 heteroatoms. The van der Waals surface area contributed by atoms with Crippen molar-refractivity contribution < 1.29 is 9.18 Å². The number of aliphatic imine (C=N–C) groups is 1. The summed E-state index contributed by atoms with van der Waals surface area (Å²) in [5.41, 5.74) is 1.01. The van der Waals surface area contributed by atoms with Gasteiger partial charge >= 0.3 is 0 Å². The third-order valence-corrected chi connectivity index (χ3v) is 5.71. The summed E-state index contributed by atoms with van der Waals surface area (Å²) < 4.78 is 13.0. The standard InChI is InChI=1S/C21H32FN5O.HI/c1-23-21(25-16-17-6-8-19(22)9-7-17)24-10-11-26-12-14-27(15-13-26)20(28)18-4-2-3-5-18;/h6-9,18H,2-5,10-16H2,1H3,(H2,23,24,25);1H. The summed E-state index contributed by atoms with van der Waals surface area (Å²) in [6.07, 6.45) is 4.57. The lowest BCUT2D eigenvalue weighted by Gasteiger charge is -2.36. The van der Waals surface area contributed by atoms with E-state index in [-0.39, 0.29) is 35.7 Å². The van der Waals surface area contributed by atoms with Crippen LogP contribution in [0.15, 0.2) is 29.3 Å². The summed E-state index contributed by atoms with van der Waals surface area (Å²) in [5.74, 6) is 1.17. The lowest BCUT2D eigenvalue weighted by molar-refractivity contribution is -0.137. The molecule has 0 aromatic heterocycles. The van der Waals surface area contributed by atoms with E-state index < -0.39 is 0 Å². The summed E-state index contributed by atoms with van der Waals surface area (Å²) in [5, 5.41) is 6.56. The average Bonchev–Trinajstić information content (AvgIpc) is 3.26. The number of hydrogen-bond acceptors (Lipinski definition) is 3. The second-order valence-electron chi connectivity index (χ2n) is 7.63. The molecular formula is C21H33FIN5O. The third-order valence-electron chi connectivity index (χ3n) is 5.71. The van der Waals surface area contributed by atoms with Crippen LogP contribution in [0.5, 0.6) is 0 Å². The minimum atomic E-state index is -0.226. The van der Waals surface area contributed by atoms with Crippen molar-refractivity contribution >= 4 is 35.8 Å². The van der Waals surface area contributed by atoms with Crippen LogP contribution in [0.1, 0.15) is 31.2 Å². The molecule has 1 aromatic rings. The van der Waals surface area contributed by atoms with E-state index in [4.69, 9.17) is 0 Å². The van der Waals surface area contributed by atoms with Gasteiger partial charge in [-0.1, -0.05) is 25.0 Å². The Hall–Kier alpha value is -1.42. The summed E-state index contributed by atoms with van der Waals surface area (Å²) >= 11 is 0. The smallest absolute Gasteiger partial charge is 0.225 e. The summed E-state index contributed by atoms with van der Waals surface area (Å²) in [7, 11) is 1.74. The lowest BCUT2D eigenvalue weighted by Crippen LogP contribution is -2.51. The zero-order valence-electron chi connectivity index (χ0n) is 17.2. The number of nitrogens with zero attached hydrogens (tertiary/aromatic N) is 3. The van der Waals surface area contributed by atoms with Gasteiger partial charge in [-0.05, 0) is 30.5 Å². The van der Waals surface area contributed by atoms with Gasteiger partial charge in [0, 0.05) is 58.8 Å². The molecule has 29 heavy (non-hydrogen) atoms. The van der Waals surface area contributed by atoms with Gasteiger partial charge < -0.3 is 15.5 Å². The van der Waals surface area contributed by atoms with E-state index in [0.29, 0.717) is 12.5 Å². The Labute approximate surface area is 190 Å². The Morgan fingerprint density at radius 3 is 2.38 bits per heavy atom. The number of amides is 1. The molecule has 2 N–H and O–H groups in total. The number of carbonyl (C=O) groups excluding carboxylic acids is 1. The second kappa shape index (κ2) is 12.3. The van der Waals surface area contributed by atoms with E-state index in [2.05, 4.69) is 25.4 Å². The number of guanidine groups is 1. The van der Waals surface area contributed by atoms with Gasteiger partial charge in [0.2, 0.25) is 5.91 Å². The zero-order valence-corrected chi connectivity index (χ0v) is 19.5. The van der Waals surface area contributed by atoms with Crippen molar-refractivity contribution in [3.05, 3.63) is 35.6 Å². The minimum Gasteiger partial charge on any atom is -0.355 e. The number of halogens is 2. The molecule has 0 spiro atoms. The van der Waals surface area contributed by atoms with Crippen LogP contribution in [0.3, 0.4) is 0 Å². The van der Waals surface area contributed by atoms with Crippen LogP contribution in [-0.4, -0.2) is 68.0 Å². The largest absolute Gasteiger partial charge is 0.355 e. The van der Waals surface area contributed by atoms with Crippen LogP contribution in [0.2, 0.25) is 0 Å². The van der Waals surface area contributed by atoms with Crippen LogP contribution in [0.25, 0.3) is 0 Å². The first-order chi connectivity index (χ1) is 13.7. The molecule has 162 valence electrons. The highest BCUT2D eigenvalue weighted by molar-refractivity contribution is 14.0. The van der Waals surface area contributed by atoms with Gasteiger partial charge in [-0.3, -0.25) is 14.7 Å². The quantitative estimate of drug-likeness (QED) is 0.346. The second-order valence-corrected chi connectivity index (χ2v) is 7.63. The van der Waals surface area contributed by atoms with E-state index in [1.165, 1.54) is 25.0 Å². The van der Waals surface area contributed by atoms with Gasteiger partial charge in [0.15, 0.2) is 5.96 Å². The molecule has 0 radical (unpaired) electrons. The maximum atomic E-state index is 13.0. The van der Waals surface area contributed by atoms with Gasteiger partial charge in [0.1, 0.15) is 5.82 Å². The summed E-state index contributed by atoms with van der Waals surface area (Å²) in [6.45, 7) is 5.85. The van der Waals surface area contributed by atoms with Crippen molar-refractivity contribution in [3.8, 4) is 0 Å². The third kappa shape index (κ3) is 7.40. The van der Waals surface area contributed by atoms with E-state index in [1.54, 1.807) is 19.2 Å². The highest BCUT2D eigenvalue weighted by Gasteiger charge is 2.29. The molecule has 1 aromatic carbocycles. The van der Waals surface area contributed by atoms with Gasteiger partial charge in [0.25, 0.3) is 0 Å². The molecule has 0 bridgehead atoms. The summed E-state index contributed by atoms with van der Waals surface area (Å²) in [4.78, 5) is 21.2. The van der Waals surface area contributed by atoms with E-state index in [0.717, 1.165) is 63.6 Å². The molecule has 3 rings (SSSR count). The fourth-order valence-electron chi connectivity index (χ4n) is 3.96. The molecular weight excluding hydrogens is 484 g/mol. The molecule has 1 heterocycles. The first-order valence-corrected chi connectivity index (χ1v) is 10.4. The minimum absolute atomic E-state index is 0. The highest BCUT2D eigenvalue weighted by atomic mass is 127. The highest BCUT2D eigenvalue weighted by Crippen LogP contribution is 2.26. The van der Waals surface area contributed by atoms with E-state index in [1.807, 2.05) is 0 Å². The van der Waals surface area contributed by atoms with Crippen LogP contribution in [0, 0.1) is 11.7 Å². The number of rotatable bonds is 6. The number of nitrogens with one attached hydrogen (secondary N) is 2. The predicted molar refractivity (Wildman–Crippen MR) is 125 cm³/mol. The predicted octanol–water partition coefficient (Wildman–Crippen LogP) is 2.44. The number of piperazine rings is 1. The first-order valence-electron chi connectivity index (χ1n) is 10.4. The fourth-order valence-corrected chi connectivity index (χ4v) is 3.96. The van der Waals surface area contributed by atoms with Crippen molar-refractivity contribution in [1.82, 2.24) is 20.4 Å². The molecule has 1 amide bonds. The fraction of sp³-hybridized carbons (Fsp3) is 0.619. The molecule has 0 atom stereocenters. The van der Waals surface area contributed by atoms with Gasteiger partial charge in [0.05, 0.1) is 0 Å². The average molecular weight is 517 g/mol. The molecule has 0 unspecified atom stereocenters. The molecule has 1 saturated carbocycles. The topological polar surface area (TPSA) is 60.0 Å². The number of hydrogen-bond donors (Lipinski definition) is 2. The monoisotopic (exact) mass is 517 g/mol. The Kier molecular flexibility index (Phi) is 10.1. The molecule has 1 aliphatic carbocycles. The molecule has 1 aliphatic heterocycles. The van der Waals surface area contributed by atoms with Gasteiger partial charge in [-0.15, -0.1) is 24.0 Å². The summed E-state index contributed by atoms with van der Waals surface area (Å²) in [6, 6.07) is 6.46. The van der Waals surface area contributed by atoms with Crippen molar-refractivity contribution in [2.45, 2.75) is 32.2 Å². The van der Waals surface area contributed by atoms with E-state index in [9.17, 15) is 9.18 Å². The Balaban J connectivity index is 0.00000300. The van der Waals surface area contributed by atoms with Crippen LogP contribution < -0.4 is 10.6 Å². The van der Waals surface area contributed by atoms with Crippen LogP contribution in [-0.2, 0) is 11.3 Å². The Bertz CT molecular complexity index is 656. The van der Waals surface area contributed by atoms with Crippen molar-refractivity contribution in [1.29, 1.82) is 0 Å². The lowest BCUT2D eigenvalue weighted by atomic mass is 10.1. The molecule has 1 saturated heterocycles. The van der Waals surface area contributed by atoms with Crippen LogP contribution in [0.4, 0.5) is 4.39 Å². The normalized spacial score (nSPS) is 18.4. The number of benzene rings is 1. The molecule has 2 aliphatic rings. The van der Waals surface area contributed by atoms with Gasteiger partial charge in [-0.2, -0.15) is 0 Å². The number of carbonyl (C=O) groups is 1. The van der Waals surface area contributed by atoms with Crippen molar-refractivity contribution in [3.63, 3.8) is 0 Å². The zero-order chi connectivity index (χ0) is 19.8. The van der Waals surface area contributed by atoms with Crippen molar-refractivity contribution in [2.75, 3.05) is 46.3 Å². The maximum absolute atomic E-state index is 13.0. The Morgan fingerprint density at radius 2 is 1.76 bits per heavy atom. The van der Waals surface area contributed by atoms with Crippen LogP contribution >= 0.6 is 24.0 Å². The first kappa shape index (κ1) is 23.9. The molecule has 6 nitrogen and oxygen atoms in total.